The van der Waals surface area contributed by atoms with Gasteiger partial charge in [-0.15, -0.1) is 16.9 Å². The second-order valence-electron chi connectivity index (χ2n) is 17.9. The summed E-state index contributed by atoms with van der Waals surface area (Å²) in [4.78, 5) is 0. The summed E-state index contributed by atoms with van der Waals surface area (Å²) in [6, 6.07) is 9.13. The first-order valence-corrected chi connectivity index (χ1v) is 21.5. The van der Waals surface area contributed by atoms with Crippen molar-refractivity contribution in [2.24, 2.45) is 5.92 Å². The van der Waals surface area contributed by atoms with Crippen molar-refractivity contribution in [3.8, 4) is 11.5 Å². The zero-order valence-corrected chi connectivity index (χ0v) is 37.7. The molecule has 0 unspecified atom stereocenters. The Balaban J connectivity index is 0.00000188. The maximum absolute atomic E-state index is 7.04. The quantitative estimate of drug-likeness (QED) is 0.138. The molecule has 0 aliphatic heterocycles. The number of allylic oxidation sites excluding steroid dienone is 1. The lowest BCUT2D eigenvalue weighted by atomic mass is 9.79. The van der Waals surface area contributed by atoms with Crippen LogP contribution >= 0.6 is 22.4 Å². The van der Waals surface area contributed by atoms with E-state index in [1.54, 1.807) is 6.08 Å². The third-order valence-corrected chi connectivity index (χ3v) is 10.8. The monoisotopic (exact) mass is 733 g/mol. The van der Waals surface area contributed by atoms with Crippen molar-refractivity contribution in [2.45, 2.75) is 152 Å². The van der Waals surface area contributed by atoms with Crippen molar-refractivity contribution >= 4 is 22.4 Å². The van der Waals surface area contributed by atoms with E-state index in [9.17, 15) is 0 Å². The molecule has 0 amide bonds. The molecule has 2 rings (SSSR count). The van der Waals surface area contributed by atoms with E-state index in [1.165, 1.54) is 23.2 Å². The molecular weight excluding hydrogens is 657 g/mol. The topological polar surface area (TPSA) is 36.9 Å². The summed E-state index contributed by atoms with van der Waals surface area (Å²) in [5.41, 5.74) is 6.92. The summed E-state index contributed by atoms with van der Waals surface area (Å²) in [5.74, 6) is 0.316. The first-order chi connectivity index (χ1) is 22.5. The lowest BCUT2D eigenvalue weighted by Gasteiger charge is -2.41. The van der Waals surface area contributed by atoms with Gasteiger partial charge in [0.2, 0.25) is 0 Å². The molecule has 0 atom stereocenters. The first-order valence-electron chi connectivity index (χ1n) is 18.0. The molecule has 0 aliphatic rings. The van der Waals surface area contributed by atoms with Crippen molar-refractivity contribution in [2.75, 3.05) is 25.4 Å². The van der Waals surface area contributed by atoms with Gasteiger partial charge in [-0.05, 0) is 89.5 Å². The Kier molecular flexibility index (Phi) is 18.1. The van der Waals surface area contributed by atoms with Gasteiger partial charge >= 0.3 is 5.97 Å². The van der Waals surface area contributed by atoms with E-state index >= 15 is 0 Å². The summed E-state index contributed by atoms with van der Waals surface area (Å²) in [6.07, 6.45) is 7.77. The van der Waals surface area contributed by atoms with Gasteiger partial charge in [0.15, 0.2) is 0 Å². The van der Waals surface area contributed by atoms with Gasteiger partial charge in [0.1, 0.15) is 11.5 Å². The largest absolute Gasteiger partial charge is 0.429 e. The van der Waals surface area contributed by atoms with E-state index in [2.05, 4.69) is 161 Å². The van der Waals surface area contributed by atoms with Gasteiger partial charge in [-0.25, -0.2) is 0 Å². The average molecular weight is 733 g/mol. The van der Waals surface area contributed by atoms with Crippen LogP contribution in [0.3, 0.4) is 0 Å². The first kappa shape index (κ1) is 48.1. The Morgan fingerprint density at radius 1 is 0.700 bits per heavy atom. The average Bonchev–Trinajstić information content (AvgIpc) is 2.93. The molecule has 0 bridgehead atoms. The molecule has 0 fully saturated rings. The highest BCUT2D eigenvalue weighted by Gasteiger charge is 2.44. The van der Waals surface area contributed by atoms with Crippen LogP contribution < -0.4 is 9.47 Å². The summed E-state index contributed by atoms with van der Waals surface area (Å²) in [7, 11) is -0.943. The number of benzene rings is 2. The summed E-state index contributed by atoms with van der Waals surface area (Å²) in [5, 5.41) is 1.86. The zero-order valence-electron chi connectivity index (χ0n) is 36.1. The minimum Gasteiger partial charge on any atom is -0.429 e. The highest BCUT2D eigenvalue weighted by Crippen LogP contribution is 2.46. The van der Waals surface area contributed by atoms with Crippen LogP contribution in [0.5, 0.6) is 11.5 Å². The van der Waals surface area contributed by atoms with Crippen LogP contribution in [0.2, 0.25) is 0 Å². The van der Waals surface area contributed by atoms with Gasteiger partial charge in [0.25, 0.3) is 0 Å². The van der Waals surface area contributed by atoms with Crippen molar-refractivity contribution in [1.29, 1.82) is 0 Å². The molecule has 6 heteroatoms. The van der Waals surface area contributed by atoms with Crippen LogP contribution in [0, 0.1) is 19.8 Å². The van der Waals surface area contributed by atoms with Gasteiger partial charge in [-0.2, -0.15) is 0 Å². The summed E-state index contributed by atoms with van der Waals surface area (Å²) in [6.45, 7) is 46.9. The van der Waals surface area contributed by atoms with Crippen molar-refractivity contribution in [3.63, 3.8) is 0 Å². The van der Waals surface area contributed by atoms with Crippen molar-refractivity contribution in [3.05, 3.63) is 82.3 Å². The molecule has 0 saturated carbocycles. The zero-order chi connectivity index (χ0) is 39.7. The number of aryl methyl sites for hydroxylation is 2. The van der Waals surface area contributed by atoms with Gasteiger partial charge in [0, 0.05) is 29.4 Å². The molecule has 50 heavy (non-hydrogen) atoms. The van der Waals surface area contributed by atoms with Crippen LogP contribution in [-0.4, -0.2) is 31.3 Å². The van der Waals surface area contributed by atoms with Gasteiger partial charge in [-0.3, -0.25) is 3.63 Å². The van der Waals surface area contributed by atoms with E-state index in [1.807, 2.05) is 25.5 Å². The second-order valence-corrected chi connectivity index (χ2v) is 21.7. The van der Waals surface area contributed by atoms with E-state index in [0.29, 0.717) is 6.61 Å². The van der Waals surface area contributed by atoms with E-state index < -0.39 is 16.3 Å². The summed E-state index contributed by atoms with van der Waals surface area (Å²) < 4.78 is 25.8. The Morgan fingerprint density at radius 2 is 1.04 bits per heavy atom. The van der Waals surface area contributed by atoms with E-state index in [0.717, 1.165) is 33.8 Å². The molecule has 2 aromatic carbocycles. The minimum atomic E-state index is -1.29. The fourth-order valence-corrected chi connectivity index (χ4v) is 6.60. The standard InChI is InChI=1S/C36H58O3.C5H12OS2.C3H6/c1-18-37-36(23(2)3,38-30-24(4)19-26(32(6,7)8)21-28(30)34(12,13)14)39-31-25(5)20-27(33(9,10)11)22-29(31)35(15,16)17;1-5-8(3,4)6-7-2;1-3-2/h19-23H,18H2,1-17H3;5H,1H2,2-4H3;3H,1H2,2H3. The lowest BCUT2D eigenvalue weighted by molar-refractivity contribution is -0.324. The van der Waals surface area contributed by atoms with Crippen LogP contribution in [0.1, 0.15) is 144 Å². The molecule has 0 saturated heterocycles. The minimum absolute atomic E-state index is 0.0301. The maximum atomic E-state index is 7.04. The number of hydrogen-bond donors (Lipinski definition) is 0. The van der Waals surface area contributed by atoms with Crippen LogP contribution in [0.4, 0.5) is 0 Å². The van der Waals surface area contributed by atoms with Gasteiger partial charge in [0.05, 0.1) is 12.5 Å². The SMILES string of the molecule is C=CC.C=CS(C)(C)OSC.CCOC(Oc1c(C)cc(C(C)(C)C)cc1C(C)(C)C)(Oc1c(C)cc(C(C)(C)C)cc1C(C)(C)C)C(C)C. The number of hydrogen-bond acceptors (Lipinski definition) is 5. The Bertz CT molecular complexity index is 1290. The highest BCUT2D eigenvalue weighted by atomic mass is 32.3. The van der Waals surface area contributed by atoms with Crippen molar-refractivity contribution in [1.82, 2.24) is 0 Å². The van der Waals surface area contributed by atoms with Crippen LogP contribution in [0.15, 0.2) is 48.9 Å². The van der Waals surface area contributed by atoms with Crippen molar-refractivity contribution < 1.29 is 17.8 Å². The van der Waals surface area contributed by atoms with E-state index in [4.69, 9.17) is 17.8 Å². The molecule has 0 aromatic heterocycles. The third-order valence-electron chi connectivity index (χ3n) is 8.08. The normalized spacial score (nSPS) is 13.1. The van der Waals surface area contributed by atoms with Gasteiger partial charge in [-0.1, -0.05) is 134 Å². The smallest absolute Gasteiger partial charge is 0.374 e. The number of ether oxygens (including phenoxy) is 3. The molecule has 4 nitrogen and oxygen atoms in total. The van der Waals surface area contributed by atoms with Crippen LogP contribution in [0.25, 0.3) is 0 Å². The highest BCUT2D eigenvalue weighted by molar-refractivity contribution is 8.34. The molecule has 288 valence electrons. The molecule has 0 aliphatic carbocycles. The fraction of sp³-hybridized carbons (Fsp3) is 0.636. The molecule has 0 heterocycles. The molecule has 0 spiro atoms. The predicted octanol–water partition coefficient (Wildman–Crippen LogP) is 13.9. The lowest BCUT2D eigenvalue weighted by Crippen LogP contribution is -2.51. The Labute approximate surface area is 316 Å². The molecule has 0 radical (unpaired) electrons. The predicted molar refractivity (Wildman–Crippen MR) is 228 cm³/mol. The molecule has 0 N–H and O–H groups in total. The molecule has 2 aromatic rings. The maximum Gasteiger partial charge on any atom is 0.374 e. The Morgan fingerprint density at radius 3 is 1.24 bits per heavy atom. The van der Waals surface area contributed by atoms with Crippen LogP contribution in [-0.2, 0) is 30.0 Å². The third kappa shape index (κ3) is 14.3. The fourth-order valence-electron chi connectivity index (χ4n) is 4.97. The Hall–Kier alpha value is -1.86. The second kappa shape index (κ2) is 18.8. The van der Waals surface area contributed by atoms with Gasteiger partial charge < -0.3 is 14.2 Å². The number of rotatable bonds is 10. The van der Waals surface area contributed by atoms with E-state index in [-0.39, 0.29) is 27.6 Å². The summed E-state index contributed by atoms with van der Waals surface area (Å²) >= 11 is 1.40. The molecular formula is C44H76O4S2.